The quantitative estimate of drug-likeness (QED) is 0.473. The fourth-order valence-corrected chi connectivity index (χ4v) is 9.20. The summed E-state index contributed by atoms with van der Waals surface area (Å²) in [5.74, 6) is 5.71. The highest BCUT2D eigenvalue weighted by molar-refractivity contribution is 5.68. The molecule has 0 bridgehead atoms. The van der Waals surface area contributed by atoms with Crippen LogP contribution in [0.1, 0.15) is 104 Å². The maximum absolute atomic E-state index is 11.6. The SMILES string of the molecule is CC[C@H]1CC2C3CC[C@H](CCCC(=O)OC)C3(C)CC[C@@H]2[C@@]2(C)CCCC[C@@H]12. The molecule has 4 rings (SSSR count). The lowest BCUT2D eigenvalue weighted by Crippen LogP contribution is -2.55. The summed E-state index contributed by atoms with van der Waals surface area (Å²) >= 11 is 0. The number of rotatable bonds is 5. The van der Waals surface area contributed by atoms with E-state index in [1.165, 1.54) is 77.7 Å². The van der Waals surface area contributed by atoms with Gasteiger partial charge in [-0.2, -0.15) is 0 Å². The topological polar surface area (TPSA) is 26.3 Å². The Kier molecular flexibility index (Phi) is 5.89. The molecule has 0 spiro atoms. The summed E-state index contributed by atoms with van der Waals surface area (Å²) in [6.07, 6.45) is 17.5. The third-order valence-electron chi connectivity index (χ3n) is 10.6. The fourth-order valence-electron chi connectivity index (χ4n) is 9.20. The Labute approximate surface area is 173 Å². The standard InChI is InChI=1S/C26H44O2/c1-5-18-17-20-22-13-12-19(9-8-11-24(27)28-4)25(22,2)16-14-23(20)26(3)15-7-6-10-21(18)26/h18-23H,5-17H2,1-4H3/t18-,19-,20?,21-,22?,23-,25?,26-/m0/s1. The van der Waals surface area contributed by atoms with E-state index in [0.29, 0.717) is 17.3 Å². The van der Waals surface area contributed by atoms with Crippen LogP contribution in [-0.2, 0) is 9.53 Å². The van der Waals surface area contributed by atoms with Gasteiger partial charge in [0, 0.05) is 6.42 Å². The lowest BCUT2D eigenvalue weighted by molar-refractivity contribution is -0.141. The van der Waals surface area contributed by atoms with Crippen molar-refractivity contribution in [3.63, 3.8) is 0 Å². The highest BCUT2D eigenvalue weighted by Crippen LogP contribution is 2.69. The minimum Gasteiger partial charge on any atom is -0.469 e. The van der Waals surface area contributed by atoms with Gasteiger partial charge >= 0.3 is 5.97 Å². The van der Waals surface area contributed by atoms with E-state index in [1.54, 1.807) is 0 Å². The predicted octanol–water partition coefficient (Wildman–Crippen LogP) is 7.01. The van der Waals surface area contributed by atoms with E-state index >= 15 is 0 Å². The number of fused-ring (bicyclic) bond motifs is 5. The maximum Gasteiger partial charge on any atom is 0.305 e. The Morgan fingerprint density at radius 1 is 0.964 bits per heavy atom. The lowest BCUT2D eigenvalue weighted by atomic mass is 9.42. The molecule has 2 nitrogen and oxygen atoms in total. The zero-order chi connectivity index (χ0) is 19.9. The molecule has 0 aromatic rings. The number of hydrogen-bond acceptors (Lipinski definition) is 2. The van der Waals surface area contributed by atoms with Crippen molar-refractivity contribution < 1.29 is 9.53 Å². The number of esters is 1. The molecular formula is C26H44O2. The summed E-state index contributed by atoms with van der Waals surface area (Å²) in [7, 11) is 1.52. The minimum atomic E-state index is -0.0299. The molecule has 160 valence electrons. The van der Waals surface area contributed by atoms with Crippen LogP contribution in [0.3, 0.4) is 0 Å². The molecule has 0 aromatic carbocycles. The Morgan fingerprint density at radius 2 is 1.75 bits per heavy atom. The largest absolute Gasteiger partial charge is 0.469 e. The molecule has 0 N–H and O–H groups in total. The first kappa shape index (κ1) is 20.7. The molecule has 0 radical (unpaired) electrons. The van der Waals surface area contributed by atoms with E-state index in [9.17, 15) is 4.79 Å². The smallest absolute Gasteiger partial charge is 0.305 e. The zero-order valence-electron chi connectivity index (χ0n) is 19.0. The first-order valence-corrected chi connectivity index (χ1v) is 12.5. The molecule has 4 saturated carbocycles. The molecule has 4 aliphatic carbocycles. The van der Waals surface area contributed by atoms with Crippen LogP contribution >= 0.6 is 0 Å². The number of methoxy groups -OCH3 is 1. The van der Waals surface area contributed by atoms with Crippen molar-refractivity contribution in [2.24, 2.45) is 46.3 Å². The second kappa shape index (κ2) is 7.95. The van der Waals surface area contributed by atoms with Gasteiger partial charge in [0.1, 0.15) is 0 Å². The number of carbonyl (C=O) groups is 1. The van der Waals surface area contributed by atoms with Gasteiger partial charge in [0.15, 0.2) is 0 Å². The van der Waals surface area contributed by atoms with E-state index in [2.05, 4.69) is 20.8 Å². The second-order valence-electron chi connectivity index (χ2n) is 11.4. The van der Waals surface area contributed by atoms with E-state index < -0.39 is 0 Å². The molecule has 4 aliphatic rings. The van der Waals surface area contributed by atoms with Gasteiger partial charge in [0.25, 0.3) is 0 Å². The Balaban J connectivity index is 1.50. The number of hydrogen-bond donors (Lipinski definition) is 0. The number of ether oxygens (including phenoxy) is 1. The van der Waals surface area contributed by atoms with Gasteiger partial charge in [-0.3, -0.25) is 4.79 Å². The van der Waals surface area contributed by atoms with Crippen molar-refractivity contribution in [3.05, 3.63) is 0 Å². The average molecular weight is 389 g/mol. The van der Waals surface area contributed by atoms with E-state index in [0.717, 1.165) is 41.9 Å². The summed E-state index contributed by atoms with van der Waals surface area (Å²) in [4.78, 5) is 11.6. The Hall–Kier alpha value is -0.530. The van der Waals surface area contributed by atoms with Gasteiger partial charge in [-0.15, -0.1) is 0 Å². The van der Waals surface area contributed by atoms with Crippen molar-refractivity contribution >= 4 is 5.97 Å². The summed E-state index contributed by atoms with van der Waals surface area (Å²) in [5.41, 5.74) is 1.17. The highest BCUT2D eigenvalue weighted by Gasteiger charge is 2.60. The van der Waals surface area contributed by atoms with Crippen LogP contribution in [0.15, 0.2) is 0 Å². The average Bonchev–Trinajstić information content (AvgIpc) is 3.03. The van der Waals surface area contributed by atoms with Gasteiger partial charge in [-0.25, -0.2) is 0 Å². The van der Waals surface area contributed by atoms with Gasteiger partial charge in [0.2, 0.25) is 0 Å². The molecule has 0 aliphatic heterocycles. The molecule has 0 heterocycles. The molecule has 28 heavy (non-hydrogen) atoms. The van der Waals surface area contributed by atoms with Crippen molar-refractivity contribution in [2.75, 3.05) is 7.11 Å². The summed E-state index contributed by atoms with van der Waals surface area (Å²) in [6, 6.07) is 0. The van der Waals surface area contributed by atoms with E-state index in [4.69, 9.17) is 4.74 Å². The van der Waals surface area contributed by atoms with Crippen LogP contribution in [0.5, 0.6) is 0 Å². The molecule has 0 aromatic heterocycles. The van der Waals surface area contributed by atoms with E-state index in [-0.39, 0.29) is 5.97 Å². The van der Waals surface area contributed by atoms with Crippen LogP contribution < -0.4 is 0 Å². The zero-order valence-corrected chi connectivity index (χ0v) is 19.0. The first-order chi connectivity index (χ1) is 13.4. The third-order valence-corrected chi connectivity index (χ3v) is 10.6. The van der Waals surface area contributed by atoms with Crippen LogP contribution in [0.2, 0.25) is 0 Å². The fraction of sp³-hybridized carbons (Fsp3) is 0.962. The van der Waals surface area contributed by atoms with Crippen LogP contribution in [0.25, 0.3) is 0 Å². The first-order valence-electron chi connectivity index (χ1n) is 12.5. The molecular weight excluding hydrogens is 344 g/mol. The Bertz CT molecular complexity index is 571. The monoisotopic (exact) mass is 388 g/mol. The molecule has 0 saturated heterocycles. The molecule has 8 atom stereocenters. The second-order valence-corrected chi connectivity index (χ2v) is 11.4. The van der Waals surface area contributed by atoms with Gasteiger partial charge in [-0.1, -0.05) is 40.0 Å². The van der Waals surface area contributed by atoms with Crippen molar-refractivity contribution in [1.82, 2.24) is 0 Å². The summed E-state index contributed by atoms with van der Waals surface area (Å²) < 4.78 is 4.86. The Morgan fingerprint density at radius 3 is 2.50 bits per heavy atom. The van der Waals surface area contributed by atoms with Crippen molar-refractivity contribution in [3.8, 4) is 0 Å². The van der Waals surface area contributed by atoms with Crippen molar-refractivity contribution in [1.29, 1.82) is 0 Å². The maximum atomic E-state index is 11.6. The van der Waals surface area contributed by atoms with Gasteiger partial charge in [0.05, 0.1) is 7.11 Å². The van der Waals surface area contributed by atoms with Crippen LogP contribution in [0, 0.1) is 46.3 Å². The van der Waals surface area contributed by atoms with Gasteiger partial charge < -0.3 is 4.74 Å². The summed E-state index contributed by atoms with van der Waals surface area (Å²) in [6.45, 7) is 7.81. The minimum absolute atomic E-state index is 0.0299. The van der Waals surface area contributed by atoms with E-state index in [1.807, 2.05) is 0 Å². The van der Waals surface area contributed by atoms with Crippen LogP contribution in [0.4, 0.5) is 0 Å². The number of carbonyl (C=O) groups excluding carboxylic acids is 1. The molecule has 0 amide bonds. The highest BCUT2D eigenvalue weighted by atomic mass is 16.5. The molecule has 2 heteroatoms. The normalized spacial score (nSPS) is 47.7. The van der Waals surface area contributed by atoms with Gasteiger partial charge in [-0.05, 0) is 104 Å². The third kappa shape index (κ3) is 3.25. The predicted molar refractivity (Wildman–Crippen MR) is 115 cm³/mol. The molecule has 4 fully saturated rings. The van der Waals surface area contributed by atoms with Crippen molar-refractivity contribution in [2.45, 2.75) is 104 Å². The lowest BCUT2D eigenvalue weighted by Gasteiger charge is -2.62. The molecule has 3 unspecified atom stereocenters. The summed E-state index contributed by atoms with van der Waals surface area (Å²) in [5, 5.41) is 0. The van der Waals surface area contributed by atoms with Crippen LogP contribution in [-0.4, -0.2) is 13.1 Å².